The van der Waals surface area contributed by atoms with Crippen molar-refractivity contribution < 1.29 is 34.0 Å². The first-order chi connectivity index (χ1) is 20.9. The molecule has 0 radical (unpaired) electrons. The molecule has 6 rings (SSSR count). The first-order valence-electron chi connectivity index (χ1n) is 15.8. The van der Waals surface area contributed by atoms with Crippen molar-refractivity contribution in [2.75, 3.05) is 6.61 Å². The zero-order valence-electron chi connectivity index (χ0n) is 26.1. The second kappa shape index (κ2) is 11.3. The van der Waals surface area contributed by atoms with E-state index < -0.39 is 40.7 Å². The van der Waals surface area contributed by atoms with E-state index in [1.54, 1.807) is 24.3 Å². The number of carbonyl (C=O) groups excluding carboxylic acids is 2. The average Bonchev–Trinajstić information content (AvgIpc) is 2.99. The Labute approximate surface area is 259 Å². The summed E-state index contributed by atoms with van der Waals surface area (Å²) in [7, 11) is 0. The SMILES string of the molecule is C=C1C(OC(=O)c2ccccc2)C2=C(C)[C@@H](OC(=O)CCc3ccccc3)CC(O)(CC3C4COC4CC(O)C13C)C2(C)C. The van der Waals surface area contributed by atoms with Crippen LogP contribution in [0.3, 0.4) is 0 Å². The lowest BCUT2D eigenvalue weighted by atomic mass is 9.46. The van der Waals surface area contributed by atoms with E-state index >= 15 is 0 Å². The Bertz CT molecular complexity index is 1460. The van der Waals surface area contributed by atoms with E-state index in [1.165, 1.54) is 0 Å². The fraction of sp³-hybridized carbons (Fsp3) is 0.514. The molecule has 234 valence electrons. The van der Waals surface area contributed by atoms with E-state index in [2.05, 4.69) is 6.58 Å². The molecule has 0 aromatic heterocycles. The minimum atomic E-state index is -1.33. The van der Waals surface area contributed by atoms with Gasteiger partial charge >= 0.3 is 11.9 Å². The molecule has 44 heavy (non-hydrogen) atoms. The molecule has 2 bridgehead atoms. The summed E-state index contributed by atoms with van der Waals surface area (Å²) in [5.74, 6) is -0.937. The van der Waals surface area contributed by atoms with E-state index in [0.717, 1.165) is 11.1 Å². The van der Waals surface area contributed by atoms with Gasteiger partial charge in [-0.05, 0) is 60.1 Å². The van der Waals surface area contributed by atoms with Crippen LogP contribution in [-0.4, -0.2) is 58.8 Å². The van der Waals surface area contributed by atoms with Gasteiger partial charge in [0.1, 0.15) is 12.2 Å². The molecule has 2 aromatic rings. The Morgan fingerprint density at radius 3 is 2.30 bits per heavy atom. The zero-order valence-corrected chi connectivity index (χ0v) is 26.1. The van der Waals surface area contributed by atoms with Gasteiger partial charge in [0.2, 0.25) is 0 Å². The van der Waals surface area contributed by atoms with Crippen LogP contribution in [0.1, 0.15) is 69.3 Å². The molecule has 8 atom stereocenters. The number of ether oxygens (including phenoxy) is 3. The van der Waals surface area contributed by atoms with Gasteiger partial charge in [0.15, 0.2) is 0 Å². The highest BCUT2D eigenvalue weighted by Gasteiger charge is 2.66. The van der Waals surface area contributed by atoms with Gasteiger partial charge in [0.05, 0.1) is 30.0 Å². The number of esters is 2. The maximum Gasteiger partial charge on any atom is 0.339 e. The van der Waals surface area contributed by atoms with Gasteiger partial charge < -0.3 is 24.4 Å². The van der Waals surface area contributed by atoms with Crippen molar-refractivity contribution in [3.05, 3.63) is 95.1 Å². The highest BCUT2D eigenvalue weighted by molar-refractivity contribution is 5.89. The van der Waals surface area contributed by atoms with Crippen molar-refractivity contribution in [1.29, 1.82) is 0 Å². The van der Waals surface area contributed by atoms with Crippen LogP contribution in [0.25, 0.3) is 0 Å². The molecule has 7 nitrogen and oxygen atoms in total. The summed E-state index contributed by atoms with van der Waals surface area (Å²) in [4.78, 5) is 26.9. The number of hydrogen-bond donors (Lipinski definition) is 2. The molecule has 7 heteroatoms. The number of rotatable bonds is 6. The van der Waals surface area contributed by atoms with Crippen LogP contribution in [-0.2, 0) is 25.4 Å². The number of fused-ring (bicyclic) bond motifs is 5. The summed E-state index contributed by atoms with van der Waals surface area (Å²) in [6, 6.07) is 18.6. The summed E-state index contributed by atoms with van der Waals surface area (Å²) in [6.45, 7) is 12.9. The van der Waals surface area contributed by atoms with Crippen molar-refractivity contribution in [3.63, 3.8) is 0 Å². The summed E-state index contributed by atoms with van der Waals surface area (Å²) < 4.78 is 18.4. The van der Waals surface area contributed by atoms with Crippen molar-refractivity contribution in [2.45, 2.75) is 89.8 Å². The van der Waals surface area contributed by atoms with Gasteiger partial charge in [-0.1, -0.05) is 75.9 Å². The first kappa shape index (κ1) is 30.8. The van der Waals surface area contributed by atoms with E-state index in [0.29, 0.717) is 42.6 Å². The number of carbonyl (C=O) groups is 2. The monoisotopic (exact) mass is 600 g/mol. The third-order valence-corrected chi connectivity index (χ3v) is 11.5. The summed E-state index contributed by atoms with van der Waals surface area (Å²) in [5, 5.41) is 24.4. The Morgan fingerprint density at radius 1 is 1.00 bits per heavy atom. The first-order valence-corrected chi connectivity index (χ1v) is 15.8. The minimum absolute atomic E-state index is 0.0979. The number of aryl methyl sites for hydroxylation is 1. The predicted molar refractivity (Wildman–Crippen MR) is 166 cm³/mol. The van der Waals surface area contributed by atoms with Crippen LogP contribution in [0.4, 0.5) is 0 Å². The summed E-state index contributed by atoms with van der Waals surface area (Å²) in [5.41, 5.74) is 0.437. The Hall–Kier alpha value is -3.26. The normalized spacial score (nSPS) is 35.7. The smallest absolute Gasteiger partial charge is 0.339 e. The topological polar surface area (TPSA) is 102 Å². The van der Waals surface area contributed by atoms with Gasteiger partial charge in [0, 0.05) is 36.0 Å². The van der Waals surface area contributed by atoms with Gasteiger partial charge in [-0.15, -0.1) is 0 Å². The molecule has 1 saturated heterocycles. The maximum absolute atomic E-state index is 13.7. The van der Waals surface area contributed by atoms with Crippen LogP contribution in [0.5, 0.6) is 0 Å². The van der Waals surface area contributed by atoms with Crippen molar-refractivity contribution >= 4 is 11.9 Å². The Morgan fingerprint density at radius 2 is 1.66 bits per heavy atom. The quantitative estimate of drug-likeness (QED) is 0.329. The van der Waals surface area contributed by atoms with Crippen molar-refractivity contribution in [2.24, 2.45) is 22.7 Å². The third-order valence-electron chi connectivity index (χ3n) is 11.5. The molecule has 2 N–H and O–H groups in total. The molecular formula is C37H44O7. The second-order valence-electron chi connectivity index (χ2n) is 14.0. The molecule has 4 aliphatic rings. The van der Waals surface area contributed by atoms with Gasteiger partial charge in [-0.2, -0.15) is 0 Å². The van der Waals surface area contributed by atoms with E-state index in [9.17, 15) is 19.8 Å². The number of hydrogen-bond acceptors (Lipinski definition) is 7. The lowest BCUT2D eigenvalue weighted by Gasteiger charge is -2.63. The van der Waals surface area contributed by atoms with Crippen LogP contribution in [0.15, 0.2) is 84.0 Å². The van der Waals surface area contributed by atoms with Crippen LogP contribution >= 0.6 is 0 Å². The molecule has 7 unspecified atom stereocenters. The molecule has 1 aliphatic heterocycles. The van der Waals surface area contributed by atoms with Crippen molar-refractivity contribution in [1.82, 2.24) is 0 Å². The van der Waals surface area contributed by atoms with Crippen LogP contribution < -0.4 is 0 Å². The number of aliphatic hydroxyl groups is 2. The number of aliphatic hydroxyl groups excluding tert-OH is 1. The summed E-state index contributed by atoms with van der Waals surface area (Å²) in [6.07, 6.45) is -0.761. The fourth-order valence-corrected chi connectivity index (χ4v) is 8.38. The standard InChI is InChI=1S/C37H44O7/c1-22-29(43-31(39)17-16-24-12-8-6-9-13-24)20-37(41)19-27-26-21-42-28(26)18-30(38)36(27,5)23(2)33(32(22)35(37,3)4)44-34(40)25-14-10-7-11-15-25/h6-15,26-30,33,38,41H,2,16-21H2,1,3-5H3/t26?,27?,28?,29-,30?,33?,36?,37?/m0/s1. The average molecular weight is 601 g/mol. The lowest BCUT2D eigenvalue weighted by Crippen LogP contribution is -2.67. The van der Waals surface area contributed by atoms with Crippen LogP contribution in [0.2, 0.25) is 0 Å². The zero-order chi connectivity index (χ0) is 31.4. The Kier molecular flexibility index (Phi) is 7.88. The van der Waals surface area contributed by atoms with E-state index in [1.807, 2.05) is 64.1 Å². The van der Waals surface area contributed by atoms with Gasteiger partial charge in [0.25, 0.3) is 0 Å². The van der Waals surface area contributed by atoms with Gasteiger partial charge in [-0.3, -0.25) is 4.79 Å². The number of benzene rings is 2. The van der Waals surface area contributed by atoms with Crippen LogP contribution in [0, 0.1) is 22.7 Å². The molecule has 3 fully saturated rings. The molecule has 1 heterocycles. The summed E-state index contributed by atoms with van der Waals surface area (Å²) >= 11 is 0. The third kappa shape index (κ3) is 4.93. The van der Waals surface area contributed by atoms with Gasteiger partial charge in [-0.25, -0.2) is 4.79 Å². The van der Waals surface area contributed by atoms with Crippen molar-refractivity contribution in [3.8, 4) is 0 Å². The van der Waals surface area contributed by atoms with E-state index in [4.69, 9.17) is 14.2 Å². The minimum Gasteiger partial charge on any atom is -0.458 e. The predicted octanol–water partition coefficient (Wildman–Crippen LogP) is 5.60. The Balaban J connectivity index is 1.42. The largest absolute Gasteiger partial charge is 0.458 e. The molecule has 0 spiro atoms. The lowest BCUT2D eigenvalue weighted by molar-refractivity contribution is -0.239. The molecule has 3 aliphatic carbocycles. The molecule has 0 amide bonds. The molecule has 2 saturated carbocycles. The maximum atomic E-state index is 13.7. The highest BCUT2D eigenvalue weighted by Crippen LogP contribution is 2.64. The molecule has 2 aromatic carbocycles. The molecular weight excluding hydrogens is 556 g/mol. The fourth-order valence-electron chi connectivity index (χ4n) is 8.38. The van der Waals surface area contributed by atoms with E-state index in [-0.39, 0.29) is 36.8 Å². The highest BCUT2D eigenvalue weighted by atomic mass is 16.6. The second-order valence-corrected chi connectivity index (χ2v) is 14.0.